The Morgan fingerprint density at radius 1 is 0.900 bits per heavy atom. The molecule has 158 valence electrons. The second kappa shape index (κ2) is 7.50. The molecule has 0 spiro atoms. The summed E-state index contributed by atoms with van der Waals surface area (Å²) in [5.74, 6) is -1.37. The summed E-state index contributed by atoms with van der Waals surface area (Å²) in [5, 5.41) is 68.8. The minimum Gasteiger partial charge on any atom is -0.507 e. The van der Waals surface area contributed by atoms with Crippen LogP contribution in [-0.4, -0.2) is 67.0 Å². The number of aliphatic hydroxyl groups excluding tert-OH is 3. The van der Waals surface area contributed by atoms with E-state index in [9.17, 15) is 35.7 Å². The molecule has 10 heteroatoms. The number of ether oxygens (including phenoxy) is 2. The molecule has 1 aliphatic heterocycles. The van der Waals surface area contributed by atoms with Gasteiger partial charge >= 0.3 is 11.3 Å². The molecule has 1 aliphatic rings. The van der Waals surface area contributed by atoms with E-state index >= 15 is 0 Å². The lowest BCUT2D eigenvalue weighted by Gasteiger charge is -2.16. The summed E-state index contributed by atoms with van der Waals surface area (Å²) < 4.78 is 16.8. The number of rotatable bonds is 4. The van der Waals surface area contributed by atoms with E-state index in [-0.39, 0.29) is 45.3 Å². The molecule has 1 fully saturated rings. The van der Waals surface area contributed by atoms with Gasteiger partial charge in [-0.3, -0.25) is 0 Å². The van der Waals surface area contributed by atoms with E-state index in [4.69, 9.17) is 13.9 Å². The van der Waals surface area contributed by atoms with Crippen LogP contribution in [-0.2, 0) is 4.74 Å². The predicted molar refractivity (Wildman–Crippen MR) is 101 cm³/mol. The molecule has 1 saturated heterocycles. The molecule has 7 N–H and O–H groups in total. The molecule has 2 heterocycles. The third-order valence-corrected chi connectivity index (χ3v) is 4.80. The molecule has 0 saturated carbocycles. The van der Waals surface area contributed by atoms with Crippen molar-refractivity contribution in [3.8, 4) is 40.1 Å². The number of benzene rings is 2. The van der Waals surface area contributed by atoms with Crippen LogP contribution in [0.2, 0.25) is 0 Å². The molecule has 4 atom stereocenters. The van der Waals surface area contributed by atoms with E-state index in [0.717, 1.165) is 6.07 Å². The molecule has 0 unspecified atom stereocenters. The van der Waals surface area contributed by atoms with Crippen LogP contribution < -0.4 is 4.74 Å². The van der Waals surface area contributed by atoms with Gasteiger partial charge in [0.25, 0.3) is 0 Å². The summed E-state index contributed by atoms with van der Waals surface area (Å²) in [6.45, 7) is -0.543. The number of aliphatic hydroxyl groups is 3. The Morgan fingerprint density at radius 3 is 2.33 bits per heavy atom. The minimum absolute atomic E-state index is 0.0144. The van der Waals surface area contributed by atoms with Crippen molar-refractivity contribution in [3.05, 3.63) is 36.4 Å². The molecule has 30 heavy (non-hydrogen) atoms. The van der Waals surface area contributed by atoms with E-state index in [1.54, 1.807) is 0 Å². The van der Waals surface area contributed by atoms with Crippen molar-refractivity contribution in [3.63, 3.8) is 0 Å². The third kappa shape index (κ3) is 3.42. The summed E-state index contributed by atoms with van der Waals surface area (Å²) in [7, 11) is 0. The Hall–Kier alpha value is -3.31. The van der Waals surface area contributed by atoms with Gasteiger partial charge in [0.2, 0.25) is 12.0 Å². The molecule has 0 radical (unpaired) electrons. The van der Waals surface area contributed by atoms with Gasteiger partial charge < -0.3 is 45.2 Å². The summed E-state index contributed by atoms with van der Waals surface area (Å²) >= 11 is 0. The quantitative estimate of drug-likeness (QED) is 0.239. The smallest absolute Gasteiger partial charge is 0.402 e. The van der Waals surface area contributed by atoms with Crippen LogP contribution in [0.25, 0.3) is 22.3 Å². The fraction of sp³-hybridized carbons (Fsp3) is 0.250. The van der Waals surface area contributed by atoms with Gasteiger partial charge in [-0.2, -0.15) is 0 Å². The minimum atomic E-state index is -1.48. The highest BCUT2D eigenvalue weighted by molar-refractivity contribution is 5.88. The highest BCUT2D eigenvalue weighted by atomic mass is 16.7. The van der Waals surface area contributed by atoms with E-state index in [1.807, 2.05) is 0 Å². The lowest BCUT2D eigenvalue weighted by Crippen LogP contribution is -2.35. The van der Waals surface area contributed by atoms with E-state index in [0.29, 0.717) is 0 Å². The summed E-state index contributed by atoms with van der Waals surface area (Å²) in [4.78, 5) is 0. The monoisotopic (exact) mass is 419 g/mol. The first-order valence-corrected chi connectivity index (χ1v) is 8.92. The number of aromatic hydroxyl groups is 4. The zero-order chi connectivity index (χ0) is 21.6. The number of phenols is 4. The van der Waals surface area contributed by atoms with Gasteiger partial charge in [-0.15, -0.1) is 0 Å². The SMILES string of the molecule is OC[C@@H]1O[C@H](Oc2cc3c(O)cc(O)cc3[o+]c2-c2ccc(O)c(O)c2)[C@H](O)[C@H]1O. The zero-order valence-corrected chi connectivity index (χ0v) is 15.3. The Labute approximate surface area is 169 Å². The lowest BCUT2D eigenvalue weighted by molar-refractivity contribution is -0.116. The predicted octanol–water partition coefficient (Wildman–Crippen LogP) is 1.02. The van der Waals surface area contributed by atoms with Gasteiger partial charge in [0.05, 0.1) is 18.2 Å². The topological polar surface area (TPSA) is 171 Å². The fourth-order valence-electron chi connectivity index (χ4n) is 3.23. The Bertz CT molecular complexity index is 1100. The number of hydrogen-bond acceptors (Lipinski definition) is 9. The molecule has 0 bridgehead atoms. The van der Waals surface area contributed by atoms with Gasteiger partial charge in [0.1, 0.15) is 35.2 Å². The second-order valence-corrected chi connectivity index (χ2v) is 6.84. The van der Waals surface area contributed by atoms with Crippen molar-refractivity contribution in [2.45, 2.75) is 24.6 Å². The van der Waals surface area contributed by atoms with E-state index < -0.39 is 37.0 Å². The molecule has 10 nitrogen and oxygen atoms in total. The molecule has 1 aromatic heterocycles. The average Bonchev–Trinajstić information content (AvgIpc) is 2.98. The first-order valence-electron chi connectivity index (χ1n) is 8.92. The van der Waals surface area contributed by atoms with Gasteiger partial charge in [-0.25, -0.2) is 4.42 Å². The molecular formula is C20H19O10+. The van der Waals surface area contributed by atoms with Gasteiger partial charge in [0, 0.05) is 18.2 Å². The Balaban J connectivity index is 1.85. The van der Waals surface area contributed by atoms with Crippen LogP contribution in [0.3, 0.4) is 0 Å². The van der Waals surface area contributed by atoms with Crippen molar-refractivity contribution < 1.29 is 49.6 Å². The highest BCUT2D eigenvalue weighted by Gasteiger charge is 2.45. The molecule has 3 aromatic rings. The van der Waals surface area contributed by atoms with E-state index in [1.165, 1.54) is 30.3 Å². The van der Waals surface area contributed by atoms with Crippen molar-refractivity contribution in [2.75, 3.05) is 6.61 Å². The highest BCUT2D eigenvalue weighted by Crippen LogP contribution is 2.42. The normalized spacial score (nSPS) is 23.7. The standard InChI is InChI=1S/C20H18O10/c21-7-16-17(26)18(27)20(30-16)29-15-6-10-12(24)4-9(22)5-14(10)28-19(15)8-1-2-11(23)13(25)3-8/h1-6,16-18,20-21,26-27H,7H2,(H3-,22,23,24,25)/p+1/t16-,17-,18+,20-/m0/s1. The fourth-order valence-corrected chi connectivity index (χ4v) is 3.23. The second-order valence-electron chi connectivity index (χ2n) is 6.84. The summed E-state index contributed by atoms with van der Waals surface area (Å²) in [5.41, 5.74) is 0.348. The molecule has 4 rings (SSSR count). The molecular weight excluding hydrogens is 400 g/mol. The maximum absolute atomic E-state index is 10.2. The number of fused-ring (bicyclic) bond motifs is 1. The zero-order valence-electron chi connectivity index (χ0n) is 15.3. The summed E-state index contributed by atoms with van der Waals surface area (Å²) in [6.07, 6.45) is -5.29. The first-order chi connectivity index (χ1) is 14.3. The van der Waals surface area contributed by atoms with Gasteiger partial charge in [-0.05, 0) is 12.1 Å². The Kier molecular flexibility index (Phi) is 5.00. The summed E-state index contributed by atoms with van der Waals surface area (Å²) in [6, 6.07) is 7.57. The van der Waals surface area contributed by atoms with Crippen LogP contribution in [0, 0.1) is 0 Å². The molecule has 0 amide bonds. The molecule has 0 aliphatic carbocycles. The van der Waals surface area contributed by atoms with Crippen molar-refractivity contribution in [1.29, 1.82) is 0 Å². The first kappa shape index (κ1) is 20.0. The average molecular weight is 419 g/mol. The van der Waals surface area contributed by atoms with Crippen LogP contribution in [0.5, 0.6) is 28.7 Å². The number of hydrogen-bond donors (Lipinski definition) is 7. The van der Waals surface area contributed by atoms with Crippen molar-refractivity contribution in [1.82, 2.24) is 0 Å². The van der Waals surface area contributed by atoms with Crippen LogP contribution in [0.1, 0.15) is 0 Å². The largest absolute Gasteiger partial charge is 0.507 e. The molecule has 2 aromatic carbocycles. The van der Waals surface area contributed by atoms with Crippen LogP contribution in [0.4, 0.5) is 0 Å². The van der Waals surface area contributed by atoms with E-state index in [2.05, 4.69) is 0 Å². The number of phenolic OH excluding ortho intramolecular Hbond substituents is 4. The lowest BCUT2D eigenvalue weighted by atomic mass is 10.1. The van der Waals surface area contributed by atoms with Crippen LogP contribution >= 0.6 is 0 Å². The van der Waals surface area contributed by atoms with Crippen LogP contribution in [0.15, 0.2) is 40.8 Å². The third-order valence-electron chi connectivity index (χ3n) is 4.80. The van der Waals surface area contributed by atoms with Gasteiger partial charge in [-0.1, -0.05) is 0 Å². The maximum atomic E-state index is 10.2. The van der Waals surface area contributed by atoms with Crippen molar-refractivity contribution >= 4 is 11.0 Å². The van der Waals surface area contributed by atoms with Crippen molar-refractivity contribution in [2.24, 2.45) is 0 Å². The Morgan fingerprint density at radius 2 is 1.67 bits per heavy atom. The maximum Gasteiger partial charge on any atom is 0.402 e. The van der Waals surface area contributed by atoms with Gasteiger partial charge in [0.15, 0.2) is 11.5 Å².